The van der Waals surface area contributed by atoms with Crippen molar-refractivity contribution in [3.63, 3.8) is 0 Å². The third kappa shape index (κ3) is 5.67. The van der Waals surface area contributed by atoms with E-state index in [9.17, 15) is 13.2 Å². The molecule has 3 aromatic carbocycles. The van der Waals surface area contributed by atoms with Gasteiger partial charge in [0.1, 0.15) is 0 Å². The van der Waals surface area contributed by atoms with Crippen molar-refractivity contribution in [2.75, 3.05) is 10.0 Å². The Morgan fingerprint density at radius 2 is 1.60 bits per heavy atom. The summed E-state index contributed by atoms with van der Waals surface area (Å²) in [7, 11) is -3.82. The second-order valence-electron chi connectivity index (χ2n) is 6.56. The lowest BCUT2D eigenvalue weighted by molar-refractivity contribution is -0.115. The van der Waals surface area contributed by atoms with Crippen molar-refractivity contribution in [2.45, 2.75) is 18.2 Å². The quantitative estimate of drug-likeness (QED) is 0.456. The highest BCUT2D eigenvalue weighted by molar-refractivity contribution is 7.92. The molecule has 30 heavy (non-hydrogen) atoms. The maximum absolute atomic E-state index is 12.5. The number of anilines is 2. The van der Waals surface area contributed by atoms with Crippen molar-refractivity contribution < 1.29 is 13.2 Å². The highest BCUT2D eigenvalue weighted by Crippen LogP contribution is 2.26. The molecule has 5 nitrogen and oxygen atoms in total. The summed E-state index contributed by atoms with van der Waals surface area (Å²) in [5.41, 5.74) is 2.65. The minimum Gasteiger partial charge on any atom is -0.326 e. The van der Waals surface area contributed by atoms with Crippen molar-refractivity contribution >= 4 is 62.1 Å². The van der Waals surface area contributed by atoms with E-state index in [1.807, 2.05) is 6.92 Å². The van der Waals surface area contributed by atoms with Gasteiger partial charge < -0.3 is 5.32 Å². The summed E-state index contributed by atoms with van der Waals surface area (Å²) in [6.07, 6.45) is 0.141. The lowest BCUT2D eigenvalue weighted by atomic mass is 10.1. The van der Waals surface area contributed by atoms with Crippen molar-refractivity contribution in [3.8, 4) is 0 Å². The molecule has 0 heterocycles. The van der Waals surface area contributed by atoms with E-state index in [1.165, 1.54) is 18.2 Å². The van der Waals surface area contributed by atoms with Crippen LogP contribution < -0.4 is 10.0 Å². The van der Waals surface area contributed by atoms with Gasteiger partial charge in [-0.1, -0.05) is 46.9 Å². The molecule has 0 aliphatic carbocycles. The lowest BCUT2D eigenvalue weighted by Crippen LogP contribution is -2.15. The molecule has 3 rings (SSSR count). The van der Waals surface area contributed by atoms with Gasteiger partial charge in [0, 0.05) is 16.4 Å². The average molecular weight is 484 g/mol. The van der Waals surface area contributed by atoms with E-state index < -0.39 is 10.0 Å². The lowest BCUT2D eigenvalue weighted by Gasteiger charge is -2.11. The molecule has 0 unspecified atom stereocenters. The topological polar surface area (TPSA) is 75.3 Å². The maximum atomic E-state index is 12.5. The number of halogens is 3. The van der Waals surface area contributed by atoms with Crippen LogP contribution in [0.1, 0.15) is 11.1 Å². The molecule has 0 aromatic heterocycles. The van der Waals surface area contributed by atoms with Crippen molar-refractivity contribution in [1.29, 1.82) is 0 Å². The van der Waals surface area contributed by atoms with Gasteiger partial charge in [-0.05, 0) is 66.6 Å². The van der Waals surface area contributed by atoms with Crippen LogP contribution in [0, 0.1) is 6.92 Å². The molecule has 9 heteroatoms. The summed E-state index contributed by atoms with van der Waals surface area (Å²) in [6.45, 7) is 1.86. The number of rotatable bonds is 6. The molecule has 3 aromatic rings. The normalized spacial score (nSPS) is 11.2. The van der Waals surface area contributed by atoms with Gasteiger partial charge in [0.2, 0.25) is 5.91 Å². The van der Waals surface area contributed by atoms with E-state index in [0.29, 0.717) is 16.4 Å². The van der Waals surface area contributed by atoms with Gasteiger partial charge in [0.25, 0.3) is 10.0 Å². The summed E-state index contributed by atoms with van der Waals surface area (Å²) in [5.74, 6) is -0.190. The first-order chi connectivity index (χ1) is 14.1. The Hall–Kier alpha value is -2.25. The van der Waals surface area contributed by atoms with E-state index >= 15 is 0 Å². The zero-order chi connectivity index (χ0) is 21.9. The summed E-state index contributed by atoms with van der Waals surface area (Å²) >= 11 is 17.7. The number of hydrogen-bond donors (Lipinski definition) is 2. The second-order valence-corrected chi connectivity index (χ2v) is 9.50. The number of benzene rings is 3. The van der Waals surface area contributed by atoms with Crippen molar-refractivity contribution in [2.24, 2.45) is 0 Å². The fourth-order valence-corrected chi connectivity index (χ4v) is 4.37. The molecule has 0 aliphatic rings. The van der Waals surface area contributed by atoms with Crippen LogP contribution in [0.2, 0.25) is 15.1 Å². The molecule has 0 fully saturated rings. The number of sulfonamides is 1. The fourth-order valence-electron chi connectivity index (χ4n) is 2.70. The van der Waals surface area contributed by atoms with Crippen LogP contribution in [-0.2, 0) is 21.2 Å². The Bertz CT molecular complexity index is 1200. The third-order valence-corrected chi connectivity index (χ3v) is 6.59. The van der Waals surface area contributed by atoms with Crippen LogP contribution in [0.5, 0.6) is 0 Å². The van der Waals surface area contributed by atoms with Crippen LogP contribution in [0.15, 0.2) is 65.6 Å². The number of aryl methyl sites for hydroxylation is 1. The molecule has 1 amide bonds. The Labute approximate surface area is 190 Å². The number of nitrogens with one attached hydrogen (secondary N) is 2. The molecule has 0 aliphatic heterocycles. The molecular weight excluding hydrogens is 467 g/mol. The molecule has 0 spiro atoms. The van der Waals surface area contributed by atoms with E-state index in [-0.39, 0.29) is 27.3 Å². The first-order valence-electron chi connectivity index (χ1n) is 8.77. The first kappa shape index (κ1) is 22.4. The van der Waals surface area contributed by atoms with Crippen LogP contribution in [0.4, 0.5) is 11.4 Å². The van der Waals surface area contributed by atoms with Gasteiger partial charge in [-0.3, -0.25) is 9.52 Å². The summed E-state index contributed by atoms with van der Waals surface area (Å²) in [6, 6.07) is 15.8. The van der Waals surface area contributed by atoms with Gasteiger partial charge in [-0.15, -0.1) is 0 Å². The van der Waals surface area contributed by atoms with Crippen LogP contribution >= 0.6 is 34.8 Å². The first-order valence-corrected chi connectivity index (χ1v) is 11.4. The Morgan fingerprint density at radius 3 is 2.23 bits per heavy atom. The molecule has 0 bridgehead atoms. The SMILES string of the molecule is Cc1cc(Cl)ccc1NC(=O)Cc1ccc(NS(=O)(=O)c2ccc(Cl)c(Cl)c2)cc1. The van der Waals surface area contributed by atoms with E-state index in [4.69, 9.17) is 34.8 Å². The second kappa shape index (κ2) is 9.27. The number of carbonyl (C=O) groups excluding carboxylic acids is 1. The van der Waals surface area contributed by atoms with Gasteiger partial charge in [-0.25, -0.2) is 8.42 Å². The zero-order valence-corrected chi connectivity index (χ0v) is 18.8. The highest BCUT2D eigenvalue weighted by Gasteiger charge is 2.16. The van der Waals surface area contributed by atoms with E-state index in [2.05, 4.69) is 10.0 Å². The molecule has 0 atom stereocenters. The smallest absolute Gasteiger partial charge is 0.261 e. The summed E-state index contributed by atoms with van der Waals surface area (Å²) in [4.78, 5) is 12.3. The average Bonchev–Trinajstić information content (AvgIpc) is 2.67. The predicted molar refractivity (Wildman–Crippen MR) is 122 cm³/mol. The summed E-state index contributed by atoms with van der Waals surface area (Å²) < 4.78 is 27.5. The standard InChI is InChI=1S/C21H17Cl3N2O3S/c1-13-10-15(22)4-9-20(13)25-21(27)11-14-2-5-16(6-3-14)26-30(28,29)17-7-8-18(23)19(24)12-17/h2-10,12,26H,11H2,1H3,(H,25,27). The molecule has 2 N–H and O–H groups in total. The Morgan fingerprint density at radius 1 is 0.900 bits per heavy atom. The van der Waals surface area contributed by atoms with Gasteiger partial charge in [-0.2, -0.15) is 0 Å². The fraction of sp³-hybridized carbons (Fsp3) is 0.0952. The van der Waals surface area contributed by atoms with Gasteiger partial charge in [0.05, 0.1) is 21.4 Å². The molecule has 0 saturated carbocycles. The maximum Gasteiger partial charge on any atom is 0.261 e. The minimum absolute atomic E-state index is 0.00121. The molecule has 0 radical (unpaired) electrons. The largest absolute Gasteiger partial charge is 0.326 e. The molecule has 0 saturated heterocycles. The Balaban J connectivity index is 1.65. The zero-order valence-electron chi connectivity index (χ0n) is 15.7. The van der Waals surface area contributed by atoms with E-state index in [0.717, 1.165) is 11.1 Å². The van der Waals surface area contributed by atoms with Gasteiger partial charge >= 0.3 is 0 Å². The third-order valence-electron chi connectivity index (χ3n) is 4.23. The summed E-state index contributed by atoms with van der Waals surface area (Å²) in [5, 5.41) is 3.86. The molecule has 156 valence electrons. The Kier molecular flexibility index (Phi) is 6.93. The number of amides is 1. The van der Waals surface area contributed by atoms with Gasteiger partial charge in [0.15, 0.2) is 0 Å². The predicted octanol–water partition coefficient (Wildman–Crippen LogP) is 5.94. The number of hydrogen-bond acceptors (Lipinski definition) is 3. The number of carbonyl (C=O) groups is 1. The minimum atomic E-state index is -3.82. The van der Waals surface area contributed by atoms with Crippen molar-refractivity contribution in [3.05, 3.63) is 86.9 Å². The molecular formula is C21H17Cl3N2O3S. The van der Waals surface area contributed by atoms with Crippen LogP contribution in [0.25, 0.3) is 0 Å². The monoisotopic (exact) mass is 482 g/mol. The van der Waals surface area contributed by atoms with Crippen molar-refractivity contribution in [1.82, 2.24) is 0 Å². The van der Waals surface area contributed by atoms with Crippen LogP contribution in [-0.4, -0.2) is 14.3 Å². The van der Waals surface area contributed by atoms with Crippen LogP contribution in [0.3, 0.4) is 0 Å². The van der Waals surface area contributed by atoms with E-state index in [1.54, 1.807) is 42.5 Å². The highest BCUT2D eigenvalue weighted by atomic mass is 35.5.